The highest BCUT2D eigenvalue weighted by Gasteiger charge is 2.30. The molecule has 0 aliphatic carbocycles. The van der Waals surface area contributed by atoms with Crippen LogP contribution in [0.5, 0.6) is 0 Å². The number of carbonyl (C=O) groups is 4. The van der Waals surface area contributed by atoms with E-state index in [1.165, 1.54) is 205 Å². The summed E-state index contributed by atoms with van der Waals surface area (Å²) >= 11 is 0. The van der Waals surface area contributed by atoms with Gasteiger partial charge in [-0.05, 0) is 49.4 Å². The van der Waals surface area contributed by atoms with Crippen molar-refractivity contribution in [1.29, 1.82) is 0 Å². The smallest absolute Gasteiger partial charge is 0.462 e. The Morgan fingerprint density at radius 1 is 0.255 bits per heavy atom. The van der Waals surface area contributed by atoms with Crippen LogP contribution in [0.2, 0.25) is 0 Å². The van der Waals surface area contributed by atoms with E-state index in [2.05, 4.69) is 55.4 Å². The van der Waals surface area contributed by atoms with Crippen molar-refractivity contribution in [1.82, 2.24) is 0 Å². The summed E-state index contributed by atoms with van der Waals surface area (Å²) in [7, 11) is -9.92. The Kier molecular flexibility index (Phi) is 66.8. The molecule has 0 bridgehead atoms. The zero-order chi connectivity index (χ0) is 72.4. The molecule has 3 N–H and O–H groups in total. The third kappa shape index (κ3) is 72.4. The molecule has 0 aromatic rings. The summed E-state index contributed by atoms with van der Waals surface area (Å²) in [5.74, 6) is 0.946. The van der Waals surface area contributed by atoms with E-state index in [0.717, 1.165) is 114 Å². The first-order chi connectivity index (χ1) is 47.1. The Balaban J connectivity index is 5.25. The molecule has 17 nitrogen and oxygen atoms in total. The Morgan fingerprint density at radius 2 is 0.429 bits per heavy atom. The topological polar surface area (TPSA) is 237 Å². The van der Waals surface area contributed by atoms with Gasteiger partial charge in [0.15, 0.2) is 12.2 Å². The molecule has 0 heterocycles. The summed E-state index contributed by atoms with van der Waals surface area (Å²) < 4.78 is 68.6. The van der Waals surface area contributed by atoms with E-state index >= 15 is 0 Å². The minimum absolute atomic E-state index is 0.104. The van der Waals surface area contributed by atoms with E-state index in [4.69, 9.17) is 37.0 Å². The minimum Gasteiger partial charge on any atom is -0.462 e. The summed E-state index contributed by atoms with van der Waals surface area (Å²) in [6, 6.07) is 0. The quantitative estimate of drug-likeness (QED) is 0.0222. The molecule has 0 radical (unpaired) electrons. The van der Waals surface area contributed by atoms with Crippen LogP contribution in [0.15, 0.2) is 0 Å². The lowest BCUT2D eigenvalue weighted by Crippen LogP contribution is -2.30. The molecule has 5 atom stereocenters. The minimum atomic E-state index is -4.96. The van der Waals surface area contributed by atoms with Crippen LogP contribution in [0.4, 0.5) is 0 Å². The van der Waals surface area contributed by atoms with Gasteiger partial charge in [-0.1, -0.05) is 351 Å². The maximum atomic E-state index is 13.1. The second kappa shape index (κ2) is 68.2. The Hall–Kier alpha value is -1.94. The van der Waals surface area contributed by atoms with Crippen LogP contribution < -0.4 is 0 Å². The molecule has 0 aliphatic heterocycles. The fourth-order valence-corrected chi connectivity index (χ4v) is 13.7. The van der Waals surface area contributed by atoms with Gasteiger partial charge in [0, 0.05) is 25.7 Å². The Morgan fingerprint density at radius 3 is 0.633 bits per heavy atom. The monoisotopic (exact) mass is 1440 g/mol. The lowest BCUT2D eigenvalue weighted by Gasteiger charge is -2.21. The molecule has 0 saturated carbocycles. The van der Waals surface area contributed by atoms with E-state index in [1.807, 2.05) is 0 Å². The summed E-state index contributed by atoms with van der Waals surface area (Å²) in [5, 5.41) is 10.6. The number of phosphoric ester groups is 2. The molecule has 0 amide bonds. The maximum Gasteiger partial charge on any atom is 0.472 e. The van der Waals surface area contributed by atoms with Crippen LogP contribution in [0.3, 0.4) is 0 Å². The van der Waals surface area contributed by atoms with Gasteiger partial charge in [-0.2, -0.15) is 0 Å². The third-order valence-corrected chi connectivity index (χ3v) is 20.2. The first-order valence-corrected chi connectivity index (χ1v) is 43.7. The van der Waals surface area contributed by atoms with Gasteiger partial charge < -0.3 is 33.8 Å². The van der Waals surface area contributed by atoms with E-state index in [0.29, 0.717) is 25.7 Å². The van der Waals surface area contributed by atoms with E-state index in [1.54, 1.807) is 0 Å². The molecule has 0 fully saturated rings. The van der Waals surface area contributed by atoms with Crippen molar-refractivity contribution < 1.29 is 80.2 Å². The molecular formula is C79H154O17P2. The normalized spacial score (nSPS) is 14.1. The average Bonchev–Trinajstić information content (AvgIpc) is 0.942. The molecule has 19 heteroatoms. The van der Waals surface area contributed by atoms with Gasteiger partial charge in [-0.15, -0.1) is 0 Å². The maximum absolute atomic E-state index is 13.1. The molecule has 0 aliphatic rings. The van der Waals surface area contributed by atoms with Crippen LogP contribution >= 0.6 is 15.6 Å². The predicted molar refractivity (Wildman–Crippen MR) is 400 cm³/mol. The average molecular weight is 1440 g/mol. The number of aliphatic hydroxyl groups excluding tert-OH is 1. The number of esters is 4. The number of ether oxygens (including phenoxy) is 4. The zero-order valence-corrected chi connectivity index (χ0v) is 66.2. The lowest BCUT2D eigenvalue weighted by molar-refractivity contribution is -0.161. The predicted octanol–water partition coefficient (Wildman–Crippen LogP) is 23.2. The van der Waals surface area contributed by atoms with Gasteiger partial charge in [0.1, 0.15) is 19.3 Å². The Labute approximate surface area is 600 Å². The van der Waals surface area contributed by atoms with Gasteiger partial charge in [0.2, 0.25) is 0 Å². The van der Waals surface area contributed by atoms with Crippen molar-refractivity contribution in [2.75, 3.05) is 39.6 Å². The summed E-state index contributed by atoms with van der Waals surface area (Å²) in [5.41, 5.74) is 0. The number of unbranched alkanes of at least 4 members (excludes halogenated alkanes) is 42. The molecular weight excluding hydrogens is 1280 g/mol. The second-order valence-corrected chi connectivity index (χ2v) is 33.3. The first kappa shape index (κ1) is 96.1. The number of phosphoric acid groups is 2. The number of aliphatic hydroxyl groups is 1. The van der Waals surface area contributed by atoms with Crippen LogP contribution in [-0.2, 0) is 65.4 Å². The molecule has 582 valence electrons. The number of carbonyl (C=O) groups excluding carboxylic acids is 4. The summed E-state index contributed by atoms with van der Waals surface area (Å²) in [6.07, 6.45) is 54.2. The van der Waals surface area contributed by atoms with Crippen LogP contribution in [0.1, 0.15) is 402 Å². The summed E-state index contributed by atoms with van der Waals surface area (Å²) in [4.78, 5) is 72.9. The number of hydrogen-bond donors (Lipinski definition) is 3. The number of rotatable bonds is 76. The molecule has 0 rings (SSSR count). The highest BCUT2D eigenvalue weighted by molar-refractivity contribution is 7.47. The van der Waals surface area contributed by atoms with Crippen molar-refractivity contribution in [3.8, 4) is 0 Å². The molecule has 98 heavy (non-hydrogen) atoms. The molecule has 0 spiro atoms. The molecule has 0 aromatic heterocycles. The van der Waals surface area contributed by atoms with Gasteiger partial charge in [0.25, 0.3) is 0 Å². The third-order valence-electron chi connectivity index (χ3n) is 18.3. The highest BCUT2D eigenvalue weighted by Crippen LogP contribution is 2.45. The van der Waals surface area contributed by atoms with Crippen molar-refractivity contribution in [3.05, 3.63) is 0 Å². The standard InChI is InChI=1S/C79H154O17P2/c1-69(2)55-47-39-31-23-18-14-11-9-10-12-16-21-27-37-45-53-61-78(83)95-74(65-89-76(81)59-51-43-35-26-20-17-13-15-19-24-32-40-48-56-70(3)4)67-93-97(85,86)91-63-73(80)64-92-98(87,88)94-68-75(66-90-77(82)60-52-44-36-30-29-34-42-50-58-72(7)8)96-79(84)62-54-46-38-28-22-25-33-41-49-57-71(5)6/h69-75,80H,9-68H2,1-8H3,(H,85,86)(H,87,88)/t73?,74-,75-/m1/s1. The zero-order valence-electron chi connectivity index (χ0n) is 64.4. The Bertz CT molecular complexity index is 1920. The first-order valence-electron chi connectivity index (χ1n) is 40.7. The van der Waals surface area contributed by atoms with Gasteiger partial charge >= 0.3 is 39.5 Å². The van der Waals surface area contributed by atoms with Crippen molar-refractivity contribution in [2.45, 2.75) is 420 Å². The van der Waals surface area contributed by atoms with E-state index in [-0.39, 0.29) is 25.7 Å². The SMILES string of the molecule is CC(C)CCCCCCCCCCCCCCCCCCC(=O)O[C@H](COC(=O)CCCCCCCCCCCCCCCC(C)C)COP(=O)(O)OCC(O)COP(=O)(O)OC[C@@H](COC(=O)CCCCCCCCCCC(C)C)OC(=O)CCCCCCCCCCCC(C)C. The summed E-state index contributed by atoms with van der Waals surface area (Å²) in [6.45, 7) is 14.2. The molecule has 0 aromatic carbocycles. The van der Waals surface area contributed by atoms with Crippen molar-refractivity contribution in [3.63, 3.8) is 0 Å². The highest BCUT2D eigenvalue weighted by atomic mass is 31.2. The van der Waals surface area contributed by atoms with E-state index < -0.39 is 97.5 Å². The van der Waals surface area contributed by atoms with Crippen LogP contribution in [0.25, 0.3) is 0 Å². The van der Waals surface area contributed by atoms with Gasteiger partial charge in [-0.25, -0.2) is 9.13 Å². The van der Waals surface area contributed by atoms with Crippen LogP contribution in [-0.4, -0.2) is 96.7 Å². The number of hydrogen-bond acceptors (Lipinski definition) is 15. The molecule has 3 unspecified atom stereocenters. The molecule has 0 saturated heterocycles. The lowest BCUT2D eigenvalue weighted by atomic mass is 10.0. The fourth-order valence-electron chi connectivity index (χ4n) is 12.1. The fraction of sp³-hybridized carbons (Fsp3) is 0.949. The van der Waals surface area contributed by atoms with Crippen LogP contribution in [0, 0.1) is 23.7 Å². The van der Waals surface area contributed by atoms with Crippen molar-refractivity contribution >= 4 is 39.5 Å². The second-order valence-electron chi connectivity index (χ2n) is 30.4. The van der Waals surface area contributed by atoms with Gasteiger partial charge in [0.05, 0.1) is 26.4 Å². The van der Waals surface area contributed by atoms with Gasteiger partial charge in [-0.3, -0.25) is 37.3 Å². The van der Waals surface area contributed by atoms with E-state index in [9.17, 15) is 43.2 Å². The largest absolute Gasteiger partial charge is 0.472 e. The van der Waals surface area contributed by atoms with Crippen molar-refractivity contribution in [2.24, 2.45) is 23.7 Å².